The number of esters is 1. The Balaban J connectivity index is 1.38. The lowest BCUT2D eigenvalue weighted by atomic mass is 9.51. The van der Waals surface area contributed by atoms with E-state index in [9.17, 15) is 23.1 Å². The Bertz CT molecular complexity index is 1110. The maximum Gasteiger partial charge on any atom is 0.302 e. The van der Waals surface area contributed by atoms with Crippen molar-refractivity contribution in [1.82, 2.24) is 0 Å². The van der Waals surface area contributed by atoms with Gasteiger partial charge in [0.15, 0.2) is 5.78 Å². The number of ketones is 1. The summed E-state index contributed by atoms with van der Waals surface area (Å²) >= 11 is 0. The van der Waals surface area contributed by atoms with E-state index < -0.39 is 10.1 Å². The molecule has 3 aliphatic rings. The SMILES string of the molecule is CC(=O)O[C@H]1CC[C@H]2[C@@H]3[C@H](CCCCCCCCCOS(C)(=O)=O)C(=O)c4cc(O)ccc4[C@H]3CC[C@]12C. The van der Waals surface area contributed by atoms with E-state index >= 15 is 0 Å². The first kappa shape index (κ1) is 29.1. The molecule has 1 aromatic rings. The van der Waals surface area contributed by atoms with Gasteiger partial charge < -0.3 is 9.84 Å². The summed E-state index contributed by atoms with van der Waals surface area (Å²) in [6.07, 6.45) is 12.6. The van der Waals surface area contributed by atoms with E-state index in [1.807, 2.05) is 6.07 Å². The normalized spacial score (nSPS) is 30.4. The number of hydrogen-bond donors (Lipinski definition) is 1. The number of hydrogen-bond acceptors (Lipinski definition) is 7. The zero-order chi connectivity index (χ0) is 27.5. The first-order valence-corrected chi connectivity index (χ1v) is 16.2. The van der Waals surface area contributed by atoms with Crippen LogP contribution in [0.1, 0.15) is 113 Å². The molecule has 6 atom stereocenters. The fourth-order valence-electron chi connectivity index (χ4n) is 7.80. The quantitative estimate of drug-likeness (QED) is 0.190. The molecule has 0 unspecified atom stereocenters. The summed E-state index contributed by atoms with van der Waals surface area (Å²) < 4.78 is 32.6. The van der Waals surface area contributed by atoms with Gasteiger partial charge in [0.1, 0.15) is 11.9 Å². The highest BCUT2D eigenvalue weighted by atomic mass is 32.2. The predicted octanol–water partition coefficient (Wildman–Crippen LogP) is 6.14. The molecule has 1 aromatic carbocycles. The molecule has 38 heavy (non-hydrogen) atoms. The monoisotopic (exact) mass is 548 g/mol. The Morgan fingerprint density at radius 1 is 1.05 bits per heavy atom. The van der Waals surface area contributed by atoms with E-state index in [0.29, 0.717) is 17.4 Å². The molecule has 0 saturated heterocycles. The smallest absolute Gasteiger partial charge is 0.302 e. The largest absolute Gasteiger partial charge is 0.508 e. The highest BCUT2D eigenvalue weighted by Crippen LogP contribution is 2.63. The van der Waals surface area contributed by atoms with Gasteiger partial charge in [0.05, 0.1) is 12.9 Å². The van der Waals surface area contributed by atoms with Crippen LogP contribution in [0, 0.1) is 23.2 Å². The molecule has 0 bridgehead atoms. The second-order valence-corrected chi connectivity index (χ2v) is 13.7. The molecule has 1 N–H and O–H groups in total. The number of rotatable bonds is 12. The summed E-state index contributed by atoms with van der Waals surface area (Å²) in [4.78, 5) is 25.7. The van der Waals surface area contributed by atoms with Crippen LogP contribution in [0.3, 0.4) is 0 Å². The molecule has 0 aliphatic heterocycles. The van der Waals surface area contributed by atoms with Crippen LogP contribution in [0.15, 0.2) is 18.2 Å². The van der Waals surface area contributed by atoms with Gasteiger partial charge in [0.2, 0.25) is 0 Å². The Morgan fingerprint density at radius 3 is 2.42 bits per heavy atom. The van der Waals surface area contributed by atoms with Gasteiger partial charge in [-0.1, -0.05) is 51.5 Å². The maximum absolute atomic E-state index is 13.9. The first-order valence-electron chi connectivity index (χ1n) is 14.4. The number of fused-ring (bicyclic) bond motifs is 5. The van der Waals surface area contributed by atoms with Crippen LogP contribution in [-0.4, -0.2) is 44.2 Å². The molecule has 0 heterocycles. The van der Waals surface area contributed by atoms with E-state index in [1.54, 1.807) is 12.1 Å². The molecule has 0 aromatic heterocycles. The minimum Gasteiger partial charge on any atom is -0.508 e. The first-order chi connectivity index (χ1) is 18.0. The van der Waals surface area contributed by atoms with Crippen LogP contribution in [0.2, 0.25) is 0 Å². The molecule has 212 valence electrons. The van der Waals surface area contributed by atoms with Crippen LogP contribution in [0.25, 0.3) is 0 Å². The van der Waals surface area contributed by atoms with Crippen molar-refractivity contribution in [3.63, 3.8) is 0 Å². The molecule has 0 spiro atoms. The van der Waals surface area contributed by atoms with Gasteiger partial charge in [-0.3, -0.25) is 13.8 Å². The van der Waals surface area contributed by atoms with Crippen molar-refractivity contribution in [1.29, 1.82) is 0 Å². The number of phenolic OH excluding ortho intramolecular Hbond substituents is 1. The van der Waals surface area contributed by atoms with Gasteiger partial charge in [-0.05, 0) is 74.0 Å². The van der Waals surface area contributed by atoms with Crippen LogP contribution >= 0.6 is 0 Å². The summed E-state index contributed by atoms with van der Waals surface area (Å²) in [5.74, 6) is 0.916. The second-order valence-electron chi connectivity index (χ2n) is 12.0. The van der Waals surface area contributed by atoms with Gasteiger partial charge in [0, 0.05) is 23.8 Å². The predicted molar refractivity (Wildman–Crippen MR) is 146 cm³/mol. The number of carbonyl (C=O) groups is 2. The minimum atomic E-state index is -3.36. The van der Waals surface area contributed by atoms with Gasteiger partial charge in [-0.15, -0.1) is 0 Å². The van der Waals surface area contributed by atoms with Crippen molar-refractivity contribution < 1.29 is 32.0 Å². The molecule has 3 aliphatic carbocycles. The number of aromatic hydroxyl groups is 1. The van der Waals surface area contributed by atoms with Crippen LogP contribution < -0.4 is 0 Å². The lowest BCUT2D eigenvalue weighted by Crippen LogP contribution is -2.49. The summed E-state index contributed by atoms with van der Waals surface area (Å²) in [6.45, 7) is 4.01. The van der Waals surface area contributed by atoms with Crippen LogP contribution in [0.4, 0.5) is 0 Å². The topological polar surface area (TPSA) is 107 Å². The Kier molecular flexibility index (Phi) is 9.23. The highest BCUT2D eigenvalue weighted by molar-refractivity contribution is 7.85. The number of carbonyl (C=O) groups excluding carboxylic acids is 2. The zero-order valence-electron chi connectivity index (χ0n) is 23.1. The Labute approximate surface area is 227 Å². The van der Waals surface area contributed by atoms with Crippen LogP contribution in [0.5, 0.6) is 5.75 Å². The summed E-state index contributed by atoms with van der Waals surface area (Å²) in [5, 5.41) is 10.2. The molecule has 4 rings (SSSR count). The molecule has 0 radical (unpaired) electrons. The minimum absolute atomic E-state index is 0.0665. The fraction of sp³-hybridized carbons (Fsp3) is 0.733. The van der Waals surface area contributed by atoms with Crippen molar-refractivity contribution >= 4 is 21.9 Å². The number of benzene rings is 1. The summed E-state index contributed by atoms with van der Waals surface area (Å²) in [7, 11) is -3.36. The van der Waals surface area contributed by atoms with Crippen molar-refractivity contribution in [2.45, 2.75) is 103 Å². The summed E-state index contributed by atoms with van der Waals surface area (Å²) in [6, 6.07) is 5.33. The molecule has 2 fully saturated rings. The molecule has 2 saturated carbocycles. The van der Waals surface area contributed by atoms with E-state index in [1.165, 1.54) is 6.92 Å². The molecule has 7 nitrogen and oxygen atoms in total. The van der Waals surface area contributed by atoms with Gasteiger partial charge in [-0.2, -0.15) is 8.42 Å². The van der Waals surface area contributed by atoms with E-state index in [-0.39, 0.29) is 47.5 Å². The lowest BCUT2D eigenvalue weighted by molar-refractivity contribution is -0.155. The standard InChI is InChI=1S/C30H44O7S/c1-20(31)37-27-15-14-26-28-23(16-17-30(26,27)2)22-13-12-21(32)19-25(22)29(33)24(28)11-9-7-5-4-6-8-10-18-36-38(3,34)35/h12-13,19,23-24,26-28,32H,4-11,14-18H2,1-3H3/t23-,24+,26+,27+,28+,30+/m1/s1. The third-order valence-corrected chi connectivity index (χ3v) is 10.1. The van der Waals surface area contributed by atoms with Gasteiger partial charge >= 0.3 is 5.97 Å². The Hall–Kier alpha value is -1.93. The molecular weight excluding hydrogens is 504 g/mol. The lowest BCUT2D eigenvalue weighted by Gasteiger charge is -2.52. The maximum atomic E-state index is 13.9. The van der Waals surface area contributed by atoms with Crippen molar-refractivity contribution in [2.75, 3.05) is 12.9 Å². The van der Waals surface area contributed by atoms with Crippen molar-refractivity contribution in [3.8, 4) is 5.75 Å². The fourth-order valence-corrected chi connectivity index (χ4v) is 8.22. The third-order valence-electron chi connectivity index (χ3n) is 9.51. The zero-order valence-corrected chi connectivity index (χ0v) is 23.9. The molecule has 8 heteroatoms. The van der Waals surface area contributed by atoms with Crippen LogP contribution in [-0.2, 0) is 23.8 Å². The van der Waals surface area contributed by atoms with Crippen molar-refractivity contribution in [2.24, 2.45) is 23.2 Å². The molecule has 0 amide bonds. The number of unbranched alkanes of at least 4 members (excludes halogenated alkanes) is 6. The highest BCUT2D eigenvalue weighted by Gasteiger charge is 2.59. The number of Topliss-reactive ketones (excluding diaryl/α,β-unsaturated/α-hetero) is 1. The van der Waals surface area contributed by atoms with Gasteiger partial charge in [0.25, 0.3) is 10.1 Å². The Morgan fingerprint density at radius 2 is 1.74 bits per heavy atom. The average Bonchev–Trinajstić information content (AvgIpc) is 3.16. The molecular formula is C30H44O7S. The second kappa shape index (κ2) is 12.1. The average molecular weight is 549 g/mol. The summed E-state index contributed by atoms with van der Waals surface area (Å²) in [5.41, 5.74) is 1.69. The van der Waals surface area contributed by atoms with E-state index in [4.69, 9.17) is 8.92 Å². The third kappa shape index (κ3) is 6.44. The number of ether oxygens (including phenoxy) is 1. The van der Waals surface area contributed by atoms with Gasteiger partial charge in [-0.25, -0.2) is 0 Å². The van der Waals surface area contributed by atoms with E-state index in [0.717, 1.165) is 88.9 Å². The number of phenols is 1. The van der Waals surface area contributed by atoms with E-state index in [2.05, 4.69) is 6.92 Å². The van der Waals surface area contributed by atoms with Crippen molar-refractivity contribution in [3.05, 3.63) is 29.3 Å².